The summed E-state index contributed by atoms with van der Waals surface area (Å²) in [7, 11) is 0. The third-order valence-electron chi connectivity index (χ3n) is 2.62. The van der Waals surface area contributed by atoms with Gasteiger partial charge >= 0.3 is 5.97 Å². The van der Waals surface area contributed by atoms with Crippen LogP contribution < -0.4 is 5.73 Å². The average Bonchev–Trinajstić information content (AvgIpc) is 2.16. The second-order valence-corrected chi connectivity index (χ2v) is 4.71. The maximum Gasteiger partial charge on any atom is 0.313 e. The molecule has 0 bridgehead atoms. The molecule has 0 spiro atoms. The molecule has 0 amide bonds. The van der Waals surface area contributed by atoms with E-state index in [1.165, 1.54) is 0 Å². The first kappa shape index (κ1) is 13.3. The monoisotopic (exact) mass is 261 g/mol. The summed E-state index contributed by atoms with van der Waals surface area (Å²) >= 11 is 11.7. The maximum absolute atomic E-state index is 11.3. The Morgan fingerprint density at radius 1 is 1.38 bits per heavy atom. The molecule has 1 unspecified atom stereocenters. The lowest BCUT2D eigenvalue weighted by Crippen LogP contribution is -2.34. The maximum atomic E-state index is 11.3. The van der Waals surface area contributed by atoms with E-state index < -0.39 is 11.4 Å². The highest BCUT2D eigenvalue weighted by Crippen LogP contribution is 2.32. The molecule has 0 fully saturated rings. The summed E-state index contributed by atoms with van der Waals surface area (Å²) in [6.45, 7) is 1.90. The summed E-state index contributed by atoms with van der Waals surface area (Å²) in [5.41, 5.74) is 4.96. The van der Waals surface area contributed by atoms with E-state index in [9.17, 15) is 9.90 Å². The number of rotatable bonds is 4. The number of carbonyl (C=O) groups is 1. The van der Waals surface area contributed by atoms with Crippen molar-refractivity contribution in [2.45, 2.75) is 18.8 Å². The summed E-state index contributed by atoms with van der Waals surface area (Å²) in [5.74, 6) is -0.934. The first-order valence-corrected chi connectivity index (χ1v) is 5.56. The topological polar surface area (TPSA) is 63.3 Å². The van der Waals surface area contributed by atoms with Crippen LogP contribution in [0.4, 0.5) is 0 Å². The highest BCUT2D eigenvalue weighted by molar-refractivity contribution is 6.34. The minimum absolute atomic E-state index is 0.285. The Morgan fingerprint density at radius 2 is 1.88 bits per heavy atom. The van der Waals surface area contributed by atoms with E-state index in [0.29, 0.717) is 22.0 Å². The molecule has 0 radical (unpaired) electrons. The molecule has 1 atom stereocenters. The van der Waals surface area contributed by atoms with Crippen molar-refractivity contribution in [1.29, 1.82) is 0 Å². The van der Waals surface area contributed by atoms with Gasteiger partial charge in [-0.25, -0.2) is 0 Å². The Hall–Kier alpha value is -0.770. The minimum Gasteiger partial charge on any atom is -0.481 e. The second kappa shape index (κ2) is 5.04. The highest BCUT2D eigenvalue weighted by Gasteiger charge is 2.34. The van der Waals surface area contributed by atoms with Crippen LogP contribution in [0, 0.1) is 0 Å². The minimum atomic E-state index is -1.05. The molecule has 3 N–H and O–H groups in total. The van der Waals surface area contributed by atoms with Crippen LogP contribution in [0.5, 0.6) is 0 Å². The summed E-state index contributed by atoms with van der Waals surface area (Å²) in [5, 5.41) is 10.1. The number of carboxylic acid groups (broad SMARTS) is 1. The Kier molecular flexibility index (Phi) is 4.19. The fourth-order valence-electron chi connectivity index (χ4n) is 1.54. The van der Waals surface area contributed by atoms with Gasteiger partial charge in [-0.05, 0) is 43.7 Å². The molecule has 1 aromatic rings. The van der Waals surface area contributed by atoms with Gasteiger partial charge in [-0.15, -0.1) is 0 Å². The summed E-state index contributed by atoms with van der Waals surface area (Å²) < 4.78 is 0. The van der Waals surface area contributed by atoms with Gasteiger partial charge in [0.25, 0.3) is 0 Å². The lowest BCUT2D eigenvalue weighted by molar-refractivity contribution is -0.143. The zero-order chi connectivity index (χ0) is 12.3. The van der Waals surface area contributed by atoms with Crippen LogP contribution >= 0.6 is 23.2 Å². The predicted octanol–water partition coefficient (Wildman–Crippen LogP) is 2.68. The average molecular weight is 262 g/mol. The molecule has 0 aliphatic carbocycles. The van der Waals surface area contributed by atoms with Gasteiger partial charge in [0.15, 0.2) is 0 Å². The Balaban J connectivity index is 3.25. The molecule has 0 saturated heterocycles. The van der Waals surface area contributed by atoms with E-state index in [1.807, 2.05) is 0 Å². The summed E-state index contributed by atoms with van der Waals surface area (Å²) in [6, 6.07) is 4.78. The van der Waals surface area contributed by atoms with Crippen LogP contribution in [0.2, 0.25) is 10.0 Å². The molecule has 88 valence electrons. The number of benzene rings is 1. The molecule has 16 heavy (non-hydrogen) atoms. The van der Waals surface area contributed by atoms with Crippen molar-refractivity contribution in [2.75, 3.05) is 6.54 Å². The number of halogens is 2. The number of carboxylic acids is 1. The van der Waals surface area contributed by atoms with Gasteiger partial charge < -0.3 is 10.8 Å². The molecule has 3 nitrogen and oxygen atoms in total. The number of nitrogens with two attached hydrogens (primary N) is 1. The predicted molar refractivity (Wildman–Crippen MR) is 65.1 cm³/mol. The molecular formula is C11H13Cl2NO2. The molecule has 0 heterocycles. The van der Waals surface area contributed by atoms with Gasteiger partial charge in [-0.1, -0.05) is 23.2 Å². The Labute approximate surface area is 104 Å². The molecular weight excluding hydrogens is 249 g/mol. The van der Waals surface area contributed by atoms with E-state index in [0.717, 1.165) is 0 Å². The zero-order valence-electron chi connectivity index (χ0n) is 8.84. The first-order valence-electron chi connectivity index (χ1n) is 4.80. The Morgan fingerprint density at radius 3 is 2.25 bits per heavy atom. The van der Waals surface area contributed by atoms with Gasteiger partial charge in [0.2, 0.25) is 0 Å². The molecule has 5 heteroatoms. The summed E-state index contributed by atoms with van der Waals surface area (Å²) in [4.78, 5) is 11.3. The number of aliphatic carboxylic acids is 1. The SMILES string of the molecule is CC(CCN)(C(=O)O)c1cc(Cl)cc(Cl)c1. The number of hydrogen-bond donors (Lipinski definition) is 2. The largest absolute Gasteiger partial charge is 0.481 e. The zero-order valence-corrected chi connectivity index (χ0v) is 10.3. The Bertz CT molecular complexity index is 389. The van der Waals surface area contributed by atoms with Crippen molar-refractivity contribution in [2.24, 2.45) is 5.73 Å². The van der Waals surface area contributed by atoms with Gasteiger partial charge in [0.1, 0.15) is 0 Å². The van der Waals surface area contributed by atoms with Crippen LogP contribution in [0.15, 0.2) is 18.2 Å². The lowest BCUT2D eigenvalue weighted by atomic mass is 9.79. The van der Waals surface area contributed by atoms with Crippen molar-refractivity contribution < 1.29 is 9.90 Å². The molecule has 0 aliphatic heterocycles. The molecule has 0 saturated carbocycles. The third kappa shape index (κ3) is 2.67. The highest BCUT2D eigenvalue weighted by atomic mass is 35.5. The molecule has 1 rings (SSSR count). The number of hydrogen-bond acceptors (Lipinski definition) is 2. The van der Waals surface area contributed by atoms with Gasteiger partial charge in [0, 0.05) is 10.0 Å². The van der Waals surface area contributed by atoms with Crippen molar-refractivity contribution in [1.82, 2.24) is 0 Å². The van der Waals surface area contributed by atoms with Crippen molar-refractivity contribution in [3.63, 3.8) is 0 Å². The van der Waals surface area contributed by atoms with E-state index in [4.69, 9.17) is 28.9 Å². The summed E-state index contributed by atoms with van der Waals surface area (Å²) in [6.07, 6.45) is 0.332. The molecule has 0 aliphatic rings. The second-order valence-electron chi connectivity index (χ2n) is 3.83. The smallest absolute Gasteiger partial charge is 0.313 e. The molecule has 1 aromatic carbocycles. The van der Waals surface area contributed by atoms with Crippen LogP contribution in [0.1, 0.15) is 18.9 Å². The van der Waals surface area contributed by atoms with Crippen molar-refractivity contribution in [3.05, 3.63) is 33.8 Å². The lowest BCUT2D eigenvalue weighted by Gasteiger charge is -2.25. The molecule has 0 aromatic heterocycles. The van der Waals surface area contributed by atoms with Crippen LogP contribution in [0.3, 0.4) is 0 Å². The fraction of sp³-hybridized carbons (Fsp3) is 0.364. The van der Waals surface area contributed by atoms with Gasteiger partial charge in [0.05, 0.1) is 5.41 Å². The van der Waals surface area contributed by atoms with Crippen LogP contribution in [0.25, 0.3) is 0 Å². The quantitative estimate of drug-likeness (QED) is 0.876. The van der Waals surface area contributed by atoms with E-state index in [1.54, 1.807) is 25.1 Å². The van der Waals surface area contributed by atoms with Crippen molar-refractivity contribution >= 4 is 29.2 Å². The normalized spacial score (nSPS) is 14.5. The van der Waals surface area contributed by atoms with E-state index in [2.05, 4.69) is 0 Å². The third-order valence-corrected chi connectivity index (χ3v) is 3.05. The first-order chi connectivity index (χ1) is 7.40. The van der Waals surface area contributed by atoms with Crippen LogP contribution in [-0.4, -0.2) is 17.6 Å². The van der Waals surface area contributed by atoms with Crippen LogP contribution in [-0.2, 0) is 10.2 Å². The standard InChI is InChI=1S/C11H13Cl2NO2/c1-11(2-3-14,10(15)16)7-4-8(12)6-9(13)5-7/h4-6H,2-3,14H2,1H3,(H,15,16). The van der Waals surface area contributed by atoms with E-state index >= 15 is 0 Å². The van der Waals surface area contributed by atoms with Gasteiger partial charge in [-0.3, -0.25) is 4.79 Å². The van der Waals surface area contributed by atoms with E-state index in [-0.39, 0.29) is 6.54 Å². The van der Waals surface area contributed by atoms with Crippen molar-refractivity contribution in [3.8, 4) is 0 Å². The fourth-order valence-corrected chi connectivity index (χ4v) is 2.06. The van der Waals surface area contributed by atoms with Gasteiger partial charge in [-0.2, -0.15) is 0 Å².